The number of benzene rings is 1. The van der Waals surface area contributed by atoms with Gasteiger partial charge in [-0.3, -0.25) is 9.59 Å². The van der Waals surface area contributed by atoms with E-state index in [9.17, 15) is 19.1 Å². The summed E-state index contributed by atoms with van der Waals surface area (Å²) in [4.78, 5) is 31.4. The Bertz CT molecular complexity index is 996. The van der Waals surface area contributed by atoms with Gasteiger partial charge in [-0.05, 0) is 37.1 Å². The number of aromatic nitrogens is 2. The van der Waals surface area contributed by atoms with Crippen molar-refractivity contribution in [3.63, 3.8) is 0 Å². The molecule has 134 valence electrons. The maximum Gasteiger partial charge on any atom is 0.263 e. The van der Waals surface area contributed by atoms with Crippen LogP contribution in [0, 0.1) is 12.7 Å². The average molecular weight is 373 g/mol. The van der Waals surface area contributed by atoms with Crippen LogP contribution in [0.2, 0.25) is 0 Å². The number of thiazole rings is 1. The van der Waals surface area contributed by atoms with Crippen molar-refractivity contribution in [2.45, 2.75) is 13.3 Å². The Morgan fingerprint density at radius 3 is 2.73 bits per heavy atom. The lowest BCUT2D eigenvalue weighted by molar-refractivity contribution is 0.0957. The third-order valence-electron chi connectivity index (χ3n) is 3.77. The van der Waals surface area contributed by atoms with E-state index in [1.165, 1.54) is 24.4 Å². The zero-order valence-corrected chi connectivity index (χ0v) is 14.7. The highest BCUT2D eigenvalue weighted by atomic mass is 32.1. The molecule has 0 aliphatic rings. The van der Waals surface area contributed by atoms with Crippen molar-refractivity contribution in [3.8, 4) is 16.3 Å². The molecule has 6 nitrogen and oxygen atoms in total. The molecular weight excluding hydrogens is 357 g/mol. The number of rotatable bonds is 5. The molecule has 3 N–H and O–H groups in total. The highest BCUT2D eigenvalue weighted by Crippen LogP contribution is 2.30. The second-order valence-corrected chi connectivity index (χ2v) is 6.63. The minimum Gasteiger partial charge on any atom is -0.507 e. The summed E-state index contributed by atoms with van der Waals surface area (Å²) in [6.07, 6.45) is 1.90. The van der Waals surface area contributed by atoms with Crippen molar-refractivity contribution in [2.75, 3.05) is 6.54 Å². The molecule has 2 heterocycles. The Balaban J connectivity index is 1.71. The summed E-state index contributed by atoms with van der Waals surface area (Å²) in [6.45, 7) is 2.05. The number of amides is 1. The van der Waals surface area contributed by atoms with Crippen molar-refractivity contribution in [2.24, 2.45) is 0 Å². The first-order valence-electron chi connectivity index (χ1n) is 7.87. The van der Waals surface area contributed by atoms with Crippen LogP contribution >= 0.6 is 11.3 Å². The molecule has 0 aliphatic heterocycles. The molecule has 0 saturated carbocycles. The molecule has 0 saturated heterocycles. The molecule has 0 radical (unpaired) electrons. The van der Waals surface area contributed by atoms with Crippen molar-refractivity contribution in [1.29, 1.82) is 0 Å². The van der Waals surface area contributed by atoms with Crippen LogP contribution in [0.25, 0.3) is 10.6 Å². The predicted molar refractivity (Wildman–Crippen MR) is 97.0 cm³/mol. The number of H-pyrrole nitrogens is 1. The molecule has 8 heteroatoms. The van der Waals surface area contributed by atoms with Gasteiger partial charge in [0.05, 0.1) is 5.69 Å². The largest absolute Gasteiger partial charge is 0.507 e. The third-order valence-corrected chi connectivity index (χ3v) is 4.94. The molecule has 2 aromatic heterocycles. The van der Waals surface area contributed by atoms with Gasteiger partial charge in [-0.15, -0.1) is 11.3 Å². The quantitative estimate of drug-likeness (QED) is 0.641. The first-order chi connectivity index (χ1) is 12.5. The van der Waals surface area contributed by atoms with Gasteiger partial charge in [0.2, 0.25) is 0 Å². The van der Waals surface area contributed by atoms with E-state index < -0.39 is 5.56 Å². The number of nitrogens with zero attached hydrogens (tertiary/aromatic N) is 1. The molecule has 1 aromatic carbocycles. The van der Waals surface area contributed by atoms with E-state index >= 15 is 0 Å². The number of aromatic amines is 1. The van der Waals surface area contributed by atoms with Crippen molar-refractivity contribution in [3.05, 3.63) is 68.8 Å². The smallest absolute Gasteiger partial charge is 0.263 e. The van der Waals surface area contributed by atoms with Gasteiger partial charge in [0.15, 0.2) is 0 Å². The topological polar surface area (TPSA) is 95.1 Å². The van der Waals surface area contributed by atoms with E-state index in [2.05, 4.69) is 15.3 Å². The van der Waals surface area contributed by atoms with E-state index in [0.717, 1.165) is 16.9 Å². The molecule has 0 unspecified atom stereocenters. The van der Waals surface area contributed by atoms with E-state index in [0.29, 0.717) is 23.5 Å². The highest BCUT2D eigenvalue weighted by Gasteiger charge is 2.19. The molecule has 0 atom stereocenters. The maximum atomic E-state index is 12.9. The molecule has 1 amide bonds. The number of hydrogen-bond acceptors (Lipinski definition) is 5. The van der Waals surface area contributed by atoms with Crippen LogP contribution in [0.5, 0.6) is 5.75 Å². The number of aryl methyl sites for hydroxylation is 1. The minimum atomic E-state index is -0.470. The number of halogens is 1. The second-order valence-electron chi connectivity index (χ2n) is 5.63. The molecule has 0 aliphatic carbocycles. The molecule has 0 spiro atoms. The summed E-state index contributed by atoms with van der Waals surface area (Å²) < 4.78 is 12.9. The zero-order valence-electron chi connectivity index (χ0n) is 13.9. The predicted octanol–water partition coefficient (Wildman–Crippen LogP) is 2.62. The normalized spacial score (nSPS) is 10.7. The fourth-order valence-electron chi connectivity index (χ4n) is 2.44. The summed E-state index contributed by atoms with van der Waals surface area (Å²) in [7, 11) is 0. The summed E-state index contributed by atoms with van der Waals surface area (Å²) in [5.41, 5.74) is 0.967. The SMILES string of the molecule is Cc1nc(-c2c(O)cc[nH]c2=O)sc1C(=O)NCCc1ccc(F)cc1. The molecule has 0 fully saturated rings. The number of carbonyl (C=O) groups excluding carboxylic acids is 1. The van der Waals surface area contributed by atoms with Crippen LogP contribution in [0.4, 0.5) is 4.39 Å². The summed E-state index contributed by atoms with van der Waals surface area (Å²) >= 11 is 1.04. The van der Waals surface area contributed by atoms with Crippen molar-refractivity contribution >= 4 is 17.2 Å². The Kier molecular flexibility index (Phi) is 5.13. The van der Waals surface area contributed by atoms with Crippen LogP contribution in [0.1, 0.15) is 20.9 Å². The minimum absolute atomic E-state index is 0.0472. The Labute approximate surface area is 152 Å². The lowest BCUT2D eigenvalue weighted by Crippen LogP contribution is -2.25. The lowest BCUT2D eigenvalue weighted by Gasteiger charge is -2.04. The monoisotopic (exact) mass is 373 g/mol. The molecule has 3 rings (SSSR count). The molecule has 3 aromatic rings. The van der Waals surface area contributed by atoms with E-state index in [1.54, 1.807) is 19.1 Å². The number of pyridine rings is 1. The zero-order chi connectivity index (χ0) is 18.7. The van der Waals surface area contributed by atoms with E-state index in [4.69, 9.17) is 0 Å². The lowest BCUT2D eigenvalue weighted by atomic mass is 10.1. The van der Waals surface area contributed by atoms with E-state index in [-0.39, 0.29) is 28.0 Å². The highest BCUT2D eigenvalue weighted by molar-refractivity contribution is 7.17. The van der Waals surface area contributed by atoms with Crippen LogP contribution in [0.3, 0.4) is 0 Å². The number of nitrogens with one attached hydrogen (secondary N) is 2. The van der Waals surface area contributed by atoms with Gasteiger partial charge in [-0.25, -0.2) is 9.37 Å². The van der Waals surface area contributed by atoms with Crippen LogP contribution in [-0.2, 0) is 6.42 Å². The molecule has 26 heavy (non-hydrogen) atoms. The fraction of sp³-hybridized carbons (Fsp3) is 0.167. The average Bonchev–Trinajstić information content (AvgIpc) is 2.98. The van der Waals surface area contributed by atoms with Gasteiger partial charge in [0.25, 0.3) is 11.5 Å². The molecule has 0 bridgehead atoms. The summed E-state index contributed by atoms with van der Waals surface area (Å²) in [5.74, 6) is -0.796. The number of carbonyl (C=O) groups is 1. The third kappa shape index (κ3) is 3.80. The Morgan fingerprint density at radius 1 is 1.31 bits per heavy atom. The van der Waals surface area contributed by atoms with Gasteiger partial charge in [-0.1, -0.05) is 12.1 Å². The van der Waals surface area contributed by atoms with E-state index in [1.807, 2.05) is 0 Å². The fourth-order valence-corrected chi connectivity index (χ4v) is 3.47. The van der Waals surface area contributed by atoms with Gasteiger partial charge in [0.1, 0.15) is 27.0 Å². The van der Waals surface area contributed by atoms with Crippen molar-refractivity contribution in [1.82, 2.24) is 15.3 Å². The summed E-state index contributed by atoms with van der Waals surface area (Å²) in [5, 5.41) is 13.0. The number of aromatic hydroxyl groups is 1. The van der Waals surface area contributed by atoms with Crippen LogP contribution < -0.4 is 10.9 Å². The van der Waals surface area contributed by atoms with Crippen LogP contribution in [-0.4, -0.2) is 27.5 Å². The van der Waals surface area contributed by atoms with Gasteiger partial charge >= 0.3 is 0 Å². The first-order valence-corrected chi connectivity index (χ1v) is 8.68. The van der Waals surface area contributed by atoms with Gasteiger partial charge in [-0.2, -0.15) is 0 Å². The van der Waals surface area contributed by atoms with Crippen molar-refractivity contribution < 1.29 is 14.3 Å². The number of hydrogen-bond donors (Lipinski definition) is 3. The Morgan fingerprint density at radius 2 is 2.04 bits per heavy atom. The van der Waals surface area contributed by atoms with Gasteiger partial charge < -0.3 is 15.4 Å². The molecular formula is C18H16FN3O3S. The Hall–Kier alpha value is -3.00. The maximum absolute atomic E-state index is 12.9. The first kappa shape index (κ1) is 17.8. The summed E-state index contributed by atoms with van der Waals surface area (Å²) in [6, 6.07) is 7.45. The standard InChI is InChI=1S/C18H16FN3O3S/c1-10-15(17(25)21-8-6-11-2-4-12(19)5-3-11)26-18(22-10)14-13(23)7-9-20-16(14)24/h2-5,7,9H,6,8H2,1H3,(H,21,25)(H2,20,23,24). The van der Waals surface area contributed by atoms with Crippen LogP contribution in [0.15, 0.2) is 41.3 Å². The second kappa shape index (κ2) is 7.49. The van der Waals surface area contributed by atoms with Gasteiger partial charge in [0, 0.05) is 12.7 Å².